The number of nitrogens with zero attached hydrogens (tertiary/aromatic N) is 3. The van der Waals surface area contributed by atoms with E-state index in [2.05, 4.69) is 15.1 Å². The molecule has 1 unspecified atom stereocenters. The molecule has 1 spiro atoms. The lowest BCUT2D eigenvalue weighted by atomic mass is 10.2. The van der Waals surface area contributed by atoms with E-state index in [1.54, 1.807) is 0 Å². The van der Waals surface area contributed by atoms with Gasteiger partial charge in [0.15, 0.2) is 5.72 Å². The second-order valence-electron chi connectivity index (χ2n) is 4.60. The molecule has 2 atom stereocenters. The van der Waals surface area contributed by atoms with E-state index in [1.807, 2.05) is 13.8 Å². The van der Waals surface area contributed by atoms with Crippen LogP contribution in [0, 0.1) is 0 Å². The number of ether oxygens (including phenoxy) is 2. The molecule has 0 aromatic carbocycles. The zero-order valence-electron chi connectivity index (χ0n) is 8.56. The van der Waals surface area contributed by atoms with Crippen LogP contribution in [0.25, 0.3) is 0 Å². The quantitative estimate of drug-likeness (QED) is 0.588. The van der Waals surface area contributed by atoms with Crippen molar-refractivity contribution in [2.75, 3.05) is 13.2 Å². The number of hydrogen-bond acceptors (Lipinski definition) is 5. The maximum absolute atomic E-state index is 5.78. The normalized spacial score (nSPS) is 45.1. The highest BCUT2D eigenvalue weighted by Gasteiger charge is 2.57. The molecule has 5 nitrogen and oxygen atoms in total. The Morgan fingerprint density at radius 3 is 2.93 bits per heavy atom. The molecule has 3 aliphatic rings. The molecule has 0 bridgehead atoms. The predicted molar refractivity (Wildman–Crippen MR) is 48.4 cm³/mol. The minimum atomic E-state index is -0.884. The summed E-state index contributed by atoms with van der Waals surface area (Å²) in [5.41, 5.74) is -0.544. The van der Waals surface area contributed by atoms with Crippen molar-refractivity contribution in [3.63, 3.8) is 0 Å². The minimum absolute atomic E-state index is 0.475. The summed E-state index contributed by atoms with van der Waals surface area (Å²) in [4.78, 5) is 2.19. The lowest BCUT2D eigenvalue weighted by Crippen LogP contribution is -2.46. The Kier molecular flexibility index (Phi) is 1.59. The van der Waals surface area contributed by atoms with Gasteiger partial charge in [0.2, 0.25) is 0 Å². The zero-order chi connectivity index (χ0) is 9.81. The van der Waals surface area contributed by atoms with Gasteiger partial charge in [-0.1, -0.05) is 0 Å². The highest BCUT2D eigenvalue weighted by molar-refractivity contribution is 4.93. The van der Waals surface area contributed by atoms with Crippen LogP contribution in [0.4, 0.5) is 0 Å². The predicted octanol–water partition coefficient (Wildman–Crippen LogP) is 1.31. The third-order valence-corrected chi connectivity index (χ3v) is 3.00. The van der Waals surface area contributed by atoms with Crippen molar-refractivity contribution >= 4 is 0 Å². The van der Waals surface area contributed by atoms with Gasteiger partial charge in [0.05, 0.1) is 6.61 Å². The Morgan fingerprint density at radius 2 is 2.21 bits per heavy atom. The maximum Gasteiger partial charge on any atom is 0.358 e. The van der Waals surface area contributed by atoms with Gasteiger partial charge < -0.3 is 4.74 Å². The Hall–Kier alpha value is -0.520. The van der Waals surface area contributed by atoms with Gasteiger partial charge in [-0.2, -0.15) is 5.11 Å². The molecule has 3 rings (SSSR count). The minimum Gasteiger partial charge on any atom is -0.315 e. The molecule has 2 saturated heterocycles. The SMILES string of the molecule is CC1(C)N=NC2(OC[C@@H]3CCCN32)O1. The van der Waals surface area contributed by atoms with Gasteiger partial charge in [-0.15, -0.1) is 5.11 Å². The molecule has 0 aromatic rings. The van der Waals surface area contributed by atoms with E-state index in [1.165, 1.54) is 12.8 Å². The second kappa shape index (κ2) is 2.53. The van der Waals surface area contributed by atoms with Crippen LogP contribution < -0.4 is 0 Å². The van der Waals surface area contributed by atoms with E-state index in [0.717, 1.165) is 13.2 Å². The van der Waals surface area contributed by atoms with Crippen LogP contribution in [-0.2, 0) is 9.47 Å². The molecule has 0 amide bonds. The van der Waals surface area contributed by atoms with Crippen LogP contribution in [0.1, 0.15) is 26.7 Å². The Labute approximate surface area is 83.1 Å². The maximum atomic E-state index is 5.78. The smallest absolute Gasteiger partial charge is 0.315 e. The molecule has 3 aliphatic heterocycles. The molecule has 5 heteroatoms. The van der Waals surface area contributed by atoms with E-state index in [9.17, 15) is 0 Å². The van der Waals surface area contributed by atoms with Gasteiger partial charge in [0.25, 0.3) is 0 Å². The van der Waals surface area contributed by atoms with Crippen LogP contribution in [-0.4, -0.2) is 35.9 Å². The summed E-state index contributed by atoms with van der Waals surface area (Å²) in [6.07, 6.45) is 2.39. The lowest BCUT2D eigenvalue weighted by molar-refractivity contribution is -0.286. The van der Waals surface area contributed by atoms with E-state index in [0.29, 0.717) is 6.04 Å². The van der Waals surface area contributed by atoms with Crippen LogP contribution in [0.15, 0.2) is 10.2 Å². The average Bonchev–Trinajstić information content (AvgIpc) is 2.71. The number of azo groups is 1. The molecular weight excluding hydrogens is 182 g/mol. The summed E-state index contributed by atoms with van der Waals surface area (Å²) < 4.78 is 11.4. The van der Waals surface area contributed by atoms with Crippen LogP contribution in [0.3, 0.4) is 0 Å². The number of rotatable bonds is 0. The van der Waals surface area contributed by atoms with Crippen LogP contribution in [0.5, 0.6) is 0 Å². The third kappa shape index (κ3) is 1.06. The fraction of sp³-hybridized carbons (Fsp3) is 1.00. The van der Waals surface area contributed by atoms with Crippen molar-refractivity contribution in [3.8, 4) is 0 Å². The highest BCUT2D eigenvalue weighted by atomic mass is 16.8. The summed E-state index contributed by atoms with van der Waals surface area (Å²) in [5.74, 6) is 0. The summed E-state index contributed by atoms with van der Waals surface area (Å²) in [5, 5.41) is 8.27. The fourth-order valence-corrected chi connectivity index (χ4v) is 2.39. The van der Waals surface area contributed by atoms with E-state index >= 15 is 0 Å². The first-order chi connectivity index (χ1) is 6.61. The van der Waals surface area contributed by atoms with Crippen LogP contribution in [0.2, 0.25) is 0 Å². The fourth-order valence-electron chi connectivity index (χ4n) is 2.39. The van der Waals surface area contributed by atoms with Gasteiger partial charge >= 0.3 is 6.03 Å². The van der Waals surface area contributed by atoms with Gasteiger partial charge in [0.1, 0.15) is 0 Å². The Morgan fingerprint density at radius 1 is 1.36 bits per heavy atom. The lowest BCUT2D eigenvalue weighted by Gasteiger charge is -2.29. The highest BCUT2D eigenvalue weighted by Crippen LogP contribution is 2.43. The van der Waals surface area contributed by atoms with Crippen LogP contribution >= 0.6 is 0 Å². The summed E-state index contributed by atoms with van der Waals surface area (Å²) >= 11 is 0. The Bertz CT molecular complexity index is 292. The monoisotopic (exact) mass is 197 g/mol. The van der Waals surface area contributed by atoms with Gasteiger partial charge in [-0.25, -0.2) is 4.90 Å². The van der Waals surface area contributed by atoms with Crippen molar-refractivity contribution < 1.29 is 9.47 Å². The average molecular weight is 197 g/mol. The molecular formula is C9H15N3O2. The first-order valence-corrected chi connectivity index (χ1v) is 5.16. The molecule has 3 heterocycles. The molecule has 0 saturated carbocycles. The van der Waals surface area contributed by atoms with E-state index in [4.69, 9.17) is 9.47 Å². The second-order valence-corrected chi connectivity index (χ2v) is 4.60. The Balaban J connectivity index is 1.89. The van der Waals surface area contributed by atoms with E-state index in [-0.39, 0.29) is 0 Å². The van der Waals surface area contributed by atoms with Crippen molar-refractivity contribution in [3.05, 3.63) is 0 Å². The number of hydrogen-bond donors (Lipinski definition) is 0. The first kappa shape index (κ1) is 8.76. The molecule has 0 N–H and O–H groups in total. The van der Waals surface area contributed by atoms with Crippen molar-refractivity contribution in [2.24, 2.45) is 10.2 Å². The van der Waals surface area contributed by atoms with Crippen molar-refractivity contribution in [1.82, 2.24) is 4.90 Å². The van der Waals surface area contributed by atoms with Crippen molar-refractivity contribution in [2.45, 2.75) is 44.5 Å². The van der Waals surface area contributed by atoms with Gasteiger partial charge in [-0.05, 0) is 26.7 Å². The van der Waals surface area contributed by atoms with Crippen molar-refractivity contribution in [1.29, 1.82) is 0 Å². The topological polar surface area (TPSA) is 46.4 Å². The molecule has 14 heavy (non-hydrogen) atoms. The first-order valence-electron chi connectivity index (χ1n) is 5.16. The number of fused-ring (bicyclic) bond motifs is 2. The summed E-state index contributed by atoms with van der Waals surface area (Å²) in [6.45, 7) is 5.52. The molecule has 0 radical (unpaired) electrons. The third-order valence-electron chi connectivity index (χ3n) is 3.00. The summed E-state index contributed by atoms with van der Waals surface area (Å²) in [7, 11) is 0. The van der Waals surface area contributed by atoms with Gasteiger partial charge in [0, 0.05) is 12.6 Å². The molecule has 78 valence electrons. The van der Waals surface area contributed by atoms with E-state index < -0.39 is 11.8 Å². The van der Waals surface area contributed by atoms with Gasteiger partial charge in [-0.3, -0.25) is 4.74 Å². The standard InChI is InChI=1S/C9H15N3O2/c1-8(2)10-11-9(14-8)12-5-3-4-7(12)6-13-9/h7H,3-6H2,1-2H3/t7-,9?/m0/s1. The molecule has 0 aliphatic carbocycles. The largest absolute Gasteiger partial charge is 0.358 e. The molecule has 2 fully saturated rings. The summed E-state index contributed by atoms with van der Waals surface area (Å²) in [6, 6.07) is -0.409. The molecule has 0 aromatic heterocycles. The zero-order valence-corrected chi connectivity index (χ0v) is 8.56.